The molecule has 3 aliphatic rings. The number of fused-ring (bicyclic) bond motifs is 4. The monoisotopic (exact) mass is 236 g/mol. The smallest absolute Gasteiger partial charge is 0.136 e. The number of hydrogen-bond donors (Lipinski definition) is 1. The maximum Gasteiger partial charge on any atom is 0.136 e. The van der Waals surface area contributed by atoms with Crippen LogP contribution in [0.15, 0.2) is 0 Å². The van der Waals surface area contributed by atoms with Gasteiger partial charge in [-0.1, -0.05) is 20.8 Å². The topological polar surface area (TPSA) is 37.3 Å². The van der Waals surface area contributed by atoms with Gasteiger partial charge in [-0.3, -0.25) is 4.79 Å². The number of ketones is 1. The van der Waals surface area contributed by atoms with Crippen LogP contribution in [0.1, 0.15) is 59.3 Å². The van der Waals surface area contributed by atoms with E-state index in [0.29, 0.717) is 30.1 Å². The Balaban J connectivity index is 1.96. The molecular formula is C15H24O2. The van der Waals surface area contributed by atoms with Crippen molar-refractivity contribution >= 4 is 5.78 Å². The van der Waals surface area contributed by atoms with Crippen molar-refractivity contribution in [3.63, 3.8) is 0 Å². The van der Waals surface area contributed by atoms with Crippen molar-refractivity contribution in [3.8, 4) is 0 Å². The molecule has 0 amide bonds. The van der Waals surface area contributed by atoms with Gasteiger partial charge in [0.05, 0.1) is 5.60 Å². The van der Waals surface area contributed by atoms with Crippen LogP contribution in [-0.4, -0.2) is 16.5 Å². The minimum atomic E-state index is -0.680. The first-order chi connectivity index (χ1) is 7.74. The third kappa shape index (κ3) is 1.60. The molecule has 2 heteroatoms. The molecule has 96 valence electrons. The highest BCUT2D eigenvalue weighted by Crippen LogP contribution is 2.64. The van der Waals surface area contributed by atoms with Crippen molar-refractivity contribution in [1.29, 1.82) is 0 Å². The van der Waals surface area contributed by atoms with E-state index in [0.717, 1.165) is 19.3 Å². The molecule has 0 aromatic heterocycles. The molecule has 0 aliphatic heterocycles. The molecule has 3 saturated carbocycles. The Kier molecular flexibility index (Phi) is 2.16. The highest BCUT2D eigenvalue weighted by atomic mass is 16.3. The van der Waals surface area contributed by atoms with Crippen molar-refractivity contribution in [1.82, 2.24) is 0 Å². The van der Waals surface area contributed by atoms with Gasteiger partial charge in [0, 0.05) is 12.8 Å². The van der Waals surface area contributed by atoms with Gasteiger partial charge in [-0.2, -0.15) is 0 Å². The second-order valence-electron chi connectivity index (χ2n) is 7.93. The van der Waals surface area contributed by atoms with E-state index in [1.54, 1.807) is 0 Å². The molecular weight excluding hydrogens is 212 g/mol. The molecule has 0 unspecified atom stereocenters. The quantitative estimate of drug-likeness (QED) is 0.702. The van der Waals surface area contributed by atoms with Crippen LogP contribution in [0.3, 0.4) is 0 Å². The van der Waals surface area contributed by atoms with Gasteiger partial charge in [-0.15, -0.1) is 0 Å². The average Bonchev–Trinajstić information content (AvgIpc) is 2.17. The first-order valence-corrected chi connectivity index (χ1v) is 6.98. The second kappa shape index (κ2) is 3.14. The summed E-state index contributed by atoms with van der Waals surface area (Å²) in [6, 6.07) is 0. The van der Waals surface area contributed by atoms with Crippen LogP contribution in [-0.2, 0) is 4.79 Å². The molecule has 2 nitrogen and oxygen atoms in total. The summed E-state index contributed by atoms with van der Waals surface area (Å²) in [6.45, 7) is 6.83. The van der Waals surface area contributed by atoms with Crippen LogP contribution in [0.25, 0.3) is 0 Å². The van der Waals surface area contributed by atoms with E-state index in [1.165, 1.54) is 6.42 Å². The number of aliphatic hydroxyl groups is 1. The van der Waals surface area contributed by atoms with Gasteiger partial charge in [0.25, 0.3) is 0 Å². The van der Waals surface area contributed by atoms with Gasteiger partial charge in [0.2, 0.25) is 0 Å². The highest BCUT2D eigenvalue weighted by molar-refractivity contribution is 5.81. The van der Waals surface area contributed by atoms with Crippen LogP contribution in [0.2, 0.25) is 0 Å². The normalized spacial score (nSPS) is 52.4. The van der Waals surface area contributed by atoms with Crippen molar-refractivity contribution in [2.75, 3.05) is 0 Å². The molecule has 3 fully saturated rings. The summed E-state index contributed by atoms with van der Waals surface area (Å²) in [7, 11) is 0. The van der Waals surface area contributed by atoms with E-state index in [2.05, 4.69) is 20.8 Å². The van der Waals surface area contributed by atoms with Crippen LogP contribution in [0, 0.1) is 22.7 Å². The molecule has 4 atom stereocenters. The summed E-state index contributed by atoms with van der Waals surface area (Å²) >= 11 is 0. The summed E-state index contributed by atoms with van der Waals surface area (Å²) in [5.74, 6) is 1.29. The predicted molar refractivity (Wildman–Crippen MR) is 66.5 cm³/mol. The Morgan fingerprint density at radius 3 is 2.53 bits per heavy atom. The van der Waals surface area contributed by atoms with Crippen molar-refractivity contribution in [3.05, 3.63) is 0 Å². The molecule has 17 heavy (non-hydrogen) atoms. The molecule has 3 aliphatic carbocycles. The standard InChI is InChI=1S/C15H24O2/c1-13(2)8-12-11(13)4-5-14(3)6-10(16)7-15(12,17)9-14/h11-12,17H,4-9H2,1-3H3/t11-,12-,14-,15-/m0/s1. The largest absolute Gasteiger partial charge is 0.389 e. The lowest BCUT2D eigenvalue weighted by Crippen LogP contribution is -2.57. The van der Waals surface area contributed by atoms with Gasteiger partial charge in [-0.05, 0) is 48.3 Å². The van der Waals surface area contributed by atoms with E-state index >= 15 is 0 Å². The second-order valence-corrected chi connectivity index (χ2v) is 7.93. The van der Waals surface area contributed by atoms with Crippen LogP contribution >= 0.6 is 0 Å². The summed E-state index contributed by atoms with van der Waals surface area (Å²) in [5, 5.41) is 10.9. The zero-order chi connectivity index (χ0) is 12.5. The number of carbonyl (C=O) groups excluding carboxylic acids is 1. The van der Waals surface area contributed by atoms with Crippen LogP contribution < -0.4 is 0 Å². The van der Waals surface area contributed by atoms with E-state index in [9.17, 15) is 9.90 Å². The fraction of sp³-hybridized carbons (Fsp3) is 0.933. The Morgan fingerprint density at radius 1 is 1.18 bits per heavy atom. The summed E-state index contributed by atoms with van der Waals surface area (Å²) in [4.78, 5) is 11.9. The number of Topliss-reactive ketones (excluding diaryl/α,β-unsaturated/α-hetero) is 1. The van der Waals surface area contributed by atoms with Gasteiger partial charge < -0.3 is 5.11 Å². The van der Waals surface area contributed by atoms with E-state index < -0.39 is 5.60 Å². The minimum absolute atomic E-state index is 0.0670. The molecule has 0 saturated heterocycles. The van der Waals surface area contributed by atoms with Gasteiger partial charge in [0.1, 0.15) is 5.78 Å². The van der Waals surface area contributed by atoms with Crippen LogP contribution in [0.5, 0.6) is 0 Å². The first-order valence-electron chi connectivity index (χ1n) is 6.98. The molecule has 1 N–H and O–H groups in total. The SMILES string of the molecule is CC1(C)C[C@H]2[C@@H]1CC[C@@]1(C)CC(=O)C[C@]2(O)C1. The summed E-state index contributed by atoms with van der Waals surface area (Å²) < 4.78 is 0. The molecule has 0 spiro atoms. The van der Waals surface area contributed by atoms with Crippen molar-refractivity contribution < 1.29 is 9.90 Å². The van der Waals surface area contributed by atoms with E-state index in [-0.39, 0.29) is 11.2 Å². The Morgan fingerprint density at radius 2 is 1.88 bits per heavy atom. The molecule has 0 radical (unpaired) electrons. The van der Waals surface area contributed by atoms with Crippen molar-refractivity contribution in [2.45, 2.75) is 64.9 Å². The maximum absolute atomic E-state index is 11.9. The molecule has 0 heterocycles. The number of rotatable bonds is 0. The Hall–Kier alpha value is -0.370. The highest BCUT2D eigenvalue weighted by Gasteiger charge is 2.61. The lowest BCUT2D eigenvalue weighted by atomic mass is 9.49. The summed E-state index contributed by atoms with van der Waals surface area (Å²) in [6.07, 6.45) is 5.37. The van der Waals surface area contributed by atoms with Crippen molar-refractivity contribution in [2.24, 2.45) is 22.7 Å². The lowest BCUT2D eigenvalue weighted by Gasteiger charge is -2.57. The number of carbonyl (C=O) groups is 1. The third-order valence-electron chi connectivity index (χ3n) is 5.84. The van der Waals surface area contributed by atoms with Gasteiger partial charge >= 0.3 is 0 Å². The average molecular weight is 236 g/mol. The van der Waals surface area contributed by atoms with Gasteiger partial charge in [-0.25, -0.2) is 0 Å². The predicted octanol–water partition coefficient (Wildman–Crippen LogP) is 2.93. The molecule has 2 bridgehead atoms. The molecule has 0 aromatic rings. The Bertz CT molecular complexity index is 373. The van der Waals surface area contributed by atoms with E-state index in [1.807, 2.05) is 0 Å². The third-order valence-corrected chi connectivity index (χ3v) is 5.84. The number of hydrogen-bond acceptors (Lipinski definition) is 2. The zero-order valence-electron chi connectivity index (χ0n) is 11.3. The molecule has 0 aromatic carbocycles. The molecule has 3 rings (SSSR count). The zero-order valence-corrected chi connectivity index (χ0v) is 11.3. The van der Waals surface area contributed by atoms with E-state index in [4.69, 9.17) is 0 Å². The lowest BCUT2D eigenvalue weighted by molar-refractivity contribution is -0.168. The fourth-order valence-corrected chi connectivity index (χ4v) is 5.09. The first kappa shape index (κ1) is 11.7. The minimum Gasteiger partial charge on any atom is -0.389 e. The van der Waals surface area contributed by atoms with Gasteiger partial charge in [0.15, 0.2) is 0 Å². The fourth-order valence-electron chi connectivity index (χ4n) is 5.09. The summed E-state index contributed by atoms with van der Waals surface area (Å²) in [5.41, 5.74) is -0.241. The Labute approximate surface area is 104 Å². The van der Waals surface area contributed by atoms with Crippen LogP contribution in [0.4, 0.5) is 0 Å². The maximum atomic E-state index is 11.9.